The van der Waals surface area contributed by atoms with Gasteiger partial charge in [0.05, 0.1) is 11.1 Å². The first kappa shape index (κ1) is 18.6. The molecule has 0 radical (unpaired) electrons. The molecule has 0 spiro atoms. The van der Waals surface area contributed by atoms with Gasteiger partial charge in [0.2, 0.25) is 11.0 Å². The van der Waals surface area contributed by atoms with Crippen LogP contribution in [0.5, 0.6) is 0 Å². The Morgan fingerprint density at radius 2 is 1.63 bits per heavy atom. The number of carbonyl (C=O) groups excluding carboxylic acids is 3. The fourth-order valence-electron chi connectivity index (χ4n) is 3.60. The van der Waals surface area contributed by atoms with Crippen molar-refractivity contribution in [2.45, 2.75) is 31.2 Å². The average molecular weight is 418 g/mol. The Hall–Kier alpha value is -3.39. The Kier molecular flexibility index (Phi) is 4.63. The standard InChI is InChI=1S/C22H18N4O3S/c27-18(23-22-25-24-19(30-22)14-10-11-14)17(12-13-6-2-1-3-7-13)26-20(28)15-8-4-5-9-16(15)21(26)29/h1-9,14,17H,10-12H2,(H,23,25,27)/t17-/m1/s1. The molecule has 7 nitrogen and oxygen atoms in total. The van der Waals surface area contributed by atoms with Gasteiger partial charge in [-0.15, -0.1) is 10.2 Å². The summed E-state index contributed by atoms with van der Waals surface area (Å²) in [6.45, 7) is 0. The molecule has 3 amide bonds. The summed E-state index contributed by atoms with van der Waals surface area (Å²) in [6.07, 6.45) is 2.40. The Morgan fingerprint density at radius 3 is 2.27 bits per heavy atom. The monoisotopic (exact) mass is 418 g/mol. The molecule has 30 heavy (non-hydrogen) atoms. The number of aromatic nitrogens is 2. The van der Waals surface area contributed by atoms with Crippen LogP contribution in [-0.2, 0) is 11.2 Å². The van der Waals surface area contributed by atoms with E-state index in [4.69, 9.17) is 0 Å². The minimum Gasteiger partial charge on any atom is -0.299 e. The maximum absolute atomic E-state index is 13.2. The van der Waals surface area contributed by atoms with Crippen LogP contribution in [0, 0.1) is 0 Å². The molecular formula is C22H18N4O3S. The van der Waals surface area contributed by atoms with E-state index < -0.39 is 23.8 Å². The number of hydrogen-bond acceptors (Lipinski definition) is 6. The zero-order valence-electron chi connectivity index (χ0n) is 15.9. The fraction of sp³-hybridized carbons (Fsp3) is 0.227. The number of rotatable bonds is 6. The van der Waals surface area contributed by atoms with Gasteiger partial charge >= 0.3 is 0 Å². The van der Waals surface area contributed by atoms with Crippen molar-refractivity contribution < 1.29 is 14.4 Å². The van der Waals surface area contributed by atoms with Gasteiger partial charge in [0.1, 0.15) is 11.0 Å². The molecule has 8 heteroatoms. The highest BCUT2D eigenvalue weighted by atomic mass is 32.1. The summed E-state index contributed by atoms with van der Waals surface area (Å²) in [6, 6.07) is 15.0. The molecule has 1 fully saturated rings. The third-order valence-corrected chi connectivity index (χ3v) is 6.31. The number of nitrogens with zero attached hydrogens (tertiary/aromatic N) is 3. The normalized spacial score (nSPS) is 16.5. The van der Waals surface area contributed by atoms with Crippen molar-refractivity contribution in [2.24, 2.45) is 0 Å². The lowest BCUT2D eigenvalue weighted by Crippen LogP contribution is -2.48. The van der Waals surface area contributed by atoms with Crippen molar-refractivity contribution >= 4 is 34.2 Å². The second-order valence-electron chi connectivity index (χ2n) is 7.44. The summed E-state index contributed by atoms with van der Waals surface area (Å²) >= 11 is 1.34. The van der Waals surface area contributed by atoms with Crippen LogP contribution in [0.3, 0.4) is 0 Å². The van der Waals surface area contributed by atoms with Crippen LogP contribution < -0.4 is 5.32 Å². The zero-order valence-corrected chi connectivity index (χ0v) is 16.8. The first-order valence-corrected chi connectivity index (χ1v) is 10.6. The number of nitrogens with one attached hydrogen (secondary N) is 1. The van der Waals surface area contributed by atoms with Gasteiger partial charge in [0.25, 0.3) is 11.8 Å². The van der Waals surface area contributed by atoms with Crippen molar-refractivity contribution in [3.8, 4) is 0 Å². The van der Waals surface area contributed by atoms with E-state index >= 15 is 0 Å². The molecule has 1 N–H and O–H groups in total. The molecule has 1 atom stereocenters. The molecule has 1 aliphatic heterocycles. The minimum atomic E-state index is -0.993. The van der Waals surface area contributed by atoms with E-state index in [1.807, 2.05) is 30.3 Å². The highest BCUT2D eigenvalue weighted by Gasteiger charge is 2.43. The number of imide groups is 1. The van der Waals surface area contributed by atoms with Crippen molar-refractivity contribution in [3.63, 3.8) is 0 Å². The van der Waals surface area contributed by atoms with Gasteiger partial charge in [-0.2, -0.15) is 0 Å². The van der Waals surface area contributed by atoms with E-state index in [0.717, 1.165) is 28.3 Å². The van der Waals surface area contributed by atoms with Gasteiger partial charge in [0, 0.05) is 12.3 Å². The van der Waals surface area contributed by atoms with Crippen molar-refractivity contribution in [3.05, 3.63) is 76.3 Å². The lowest BCUT2D eigenvalue weighted by atomic mass is 10.0. The molecule has 0 unspecified atom stereocenters. The maximum Gasteiger partial charge on any atom is 0.262 e. The quantitative estimate of drug-likeness (QED) is 0.621. The second kappa shape index (κ2) is 7.46. The molecule has 0 bridgehead atoms. The highest BCUT2D eigenvalue weighted by Crippen LogP contribution is 2.42. The summed E-state index contributed by atoms with van der Waals surface area (Å²) in [4.78, 5) is 40.3. The molecule has 2 heterocycles. The first-order valence-electron chi connectivity index (χ1n) is 9.77. The zero-order chi connectivity index (χ0) is 20.7. The molecule has 150 valence electrons. The minimum absolute atomic E-state index is 0.215. The smallest absolute Gasteiger partial charge is 0.262 e. The molecule has 2 aromatic carbocycles. The van der Waals surface area contributed by atoms with E-state index in [2.05, 4.69) is 15.5 Å². The lowest BCUT2D eigenvalue weighted by molar-refractivity contribution is -0.119. The molecule has 1 aliphatic carbocycles. The van der Waals surface area contributed by atoms with Crippen LogP contribution in [0.1, 0.15) is 50.0 Å². The van der Waals surface area contributed by atoms with Gasteiger partial charge in [0.15, 0.2) is 0 Å². The van der Waals surface area contributed by atoms with Crippen molar-refractivity contribution in [2.75, 3.05) is 5.32 Å². The van der Waals surface area contributed by atoms with Crippen LogP contribution in [0.2, 0.25) is 0 Å². The van der Waals surface area contributed by atoms with Gasteiger partial charge in [-0.05, 0) is 30.5 Å². The summed E-state index contributed by atoms with van der Waals surface area (Å²) < 4.78 is 0. The van der Waals surface area contributed by atoms with Crippen molar-refractivity contribution in [1.29, 1.82) is 0 Å². The third kappa shape index (κ3) is 3.39. The van der Waals surface area contributed by atoms with Crippen molar-refractivity contribution in [1.82, 2.24) is 15.1 Å². The number of amides is 3. The molecular weight excluding hydrogens is 400 g/mol. The Morgan fingerprint density at radius 1 is 1.00 bits per heavy atom. The fourth-order valence-corrected chi connectivity index (χ4v) is 4.51. The Labute approximate surface area is 176 Å². The second-order valence-corrected chi connectivity index (χ2v) is 8.45. The Bertz CT molecular complexity index is 1110. The van der Waals surface area contributed by atoms with E-state index in [-0.39, 0.29) is 6.42 Å². The molecule has 5 rings (SSSR count). The maximum atomic E-state index is 13.2. The predicted molar refractivity (Wildman–Crippen MR) is 111 cm³/mol. The van der Waals surface area contributed by atoms with Gasteiger partial charge in [-0.1, -0.05) is 53.8 Å². The Balaban J connectivity index is 1.45. The molecule has 0 saturated heterocycles. The predicted octanol–water partition coefficient (Wildman–Crippen LogP) is 3.26. The van der Waals surface area contributed by atoms with Crippen LogP contribution in [-0.4, -0.2) is 38.9 Å². The van der Waals surface area contributed by atoms with Crippen LogP contribution in [0.25, 0.3) is 0 Å². The molecule has 1 aromatic heterocycles. The summed E-state index contributed by atoms with van der Waals surface area (Å²) in [7, 11) is 0. The first-order chi connectivity index (χ1) is 14.6. The number of fused-ring (bicyclic) bond motifs is 1. The summed E-state index contributed by atoms with van der Waals surface area (Å²) in [5, 5.41) is 12.3. The number of benzene rings is 2. The SMILES string of the molecule is O=C(Nc1nnc(C2CC2)s1)[C@@H](Cc1ccccc1)N1C(=O)c2ccccc2C1=O. The van der Waals surface area contributed by atoms with E-state index in [1.54, 1.807) is 24.3 Å². The summed E-state index contributed by atoms with van der Waals surface area (Å²) in [5.74, 6) is -0.929. The van der Waals surface area contributed by atoms with Gasteiger partial charge < -0.3 is 0 Å². The number of hydrogen-bond donors (Lipinski definition) is 1. The summed E-state index contributed by atoms with van der Waals surface area (Å²) in [5.41, 5.74) is 1.49. The topological polar surface area (TPSA) is 92.3 Å². The van der Waals surface area contributed by atoms with Gasteiger partial charge in [-0.3, -0.25) is 24.6 Å². The molecule has 3 aromatic rings. The average Bonchev–Trinajstić information content (AvgIpc) is 3.47. The van der Waals surface area contributed by atoms with Crippen LogP contribution >= 0.6 is 11.3 Å². The molecule has 1 saturated carbocycles. The van der Waals surface area contributed by atoms with Crippen LogP contribution in [0.4, 0.5) is 5.13 Å². The van der Waals surface area contributed by atoms with E-state index in [9.17, 15) is 14.4 Å². The van der Waals surface area contributed by atoms with Crippen LogP contribution in [0.15, 0.2) is 54.6 Å². The highest BCUT2D eigenvalue weighted by molar-refractivity contribution is 7.15. The lowest BCUT2D eigenvalue weighted by Gasteiger charge is -2.25. The van der Waals surface area contributed by atoms with E-state index in [0.29, 0.717) is 22.2 Å². The van der Waals surface area contributed by atoms with E-state index in [1.165, 1.54) is 11.3 Å². The van der Waals surface area contributed by atoms with Gasteiger partial charge in [-0.25, -0.2) is 0 Å². The third-order valence-electron chi connectivity index (χ3n) is 5.31. The number of anilines is 1. The molecule has 2 aliphatic rings. The largest absolute Gasteiger partial charge is 0.299 e. The number of carbonyl (C=O) groups is 3.